The zero-order valence-electron chi connectivity index (χ0n) is 8.40. The van der Waals surface area contributed by atoms with Crippen molar-refractivity contribution in [3.63, 3.8) is 0 Å². The van der Waals surface area contributed by atoms with E-state index in [0.29, 0.717) is 12.4 Å². The van der Waals surface area contributed by atoms with Gasteiger partial charge in [-0.15, -0.1) is 0 Å². The SMILES string of the molecule is COc1ccc(NCc2ccn[nH]2)cn1. The molecule has 2 rings (SSSR count). The average molecular weight is 204 g/mol. The Labute approximate surface area is 87.5 Å². The smallest absolute Gasteiger partial charge is 0.213 e. The van der Waals surface area contributed by atoms with Gasteiger partial charge in [-0.25, -0.2) is 4.98 Å². The van der Waals surface area contributed by atoms with Crippen LogP contribution in [0.1, 0.15) is 5.69 Å². The maximum Gasteiger partial charge on any atom is 0.213 e. The van der Waals surface area contributed by atoms with Gasteiger partial charge in [0.1, 0.15) is 0 Å². The number of hydrogen-bond acceptors (Lipinski definition) is 4. The molecule has 0 fully saturated rings. The largest absolute Gasteiger partial charge is 0.481 e. The Bertz CT molecular complexity index is 396. The van der Waals surface area contributed by atoms with Crippen LogP contribution in [0.2, 0.25) is 0 Å². The summed E-state index contributed by atoms with van der Waals surface area (Å²) < 4.78 is 4.96. The first kappa shape index (κ1) is 9.51. The van der Waals surface area contributed by atoms with E-state index in [0.717, 1.165) is 11.4 Å². The van der Waals surface area contributed by atoms with E-state index in [1.807, 2.05) is 18.2 Å². The Morgan fingerprint density at radius 2 is 2.33 bits per heavy atom. The molecular weight excluding hydrogens is 192 g/mol. The number of anilines is 1. The summed E-state index contributed by atoms with van der Waals surface area (Å²) in [6.07, 6.45) is 3.46. The number of nitrogens with zero attached hydrogens (tertiary/aromatic N) is 2. The van der Waals surface area contributed by atoms with Crippen LogP contribution < -0.4 is 10.1 Å². The third-order valence-electron chi connectivity index (χ3n) is 1.99. The molecule has 0 amide bonds. The molecule has 0 saturated heterocycles. The van der Waals surface area contributed by atoms with Crippen molar-refractivity contribution in [2.75, 3.05) is 12.4 Å². The molecule has 0 unspecified atom stereocenters. The van der Waals surface area contributed by atoms with Crippen molar-refractivity contribution >= 4 is 5.69 Å². The summed E-state index contributed by atoms with van der Waals surface area (Å²) in [6.45, 7) is 0.702. The molecule has 78 valence electrons. The molecule has 0 aliphatic rings. The second-order valence-corrected chi connectivity index (χ2v) is 3.02. The summed E-state index contributed by atoms with van der Waals surface area (Å²) in [5, 5.41) is 9.94. The van der Waals surface area contributed by atoms with Gasteiger partial charge in [0.15, 0.2) is 0 Å². The lowest BCUT2D eigenvalue weighted by Crippen LogP contribution is -2.00. The highest BCUT2D eigenvalue weighted by atomic mass is 16.5. The third kappa shape index (κ3) is 2.46. The Morgan fingerprint density at radius 1 is 1.40 bits per heavy atom. The topological polar surface area (TPSA) is 62.8 Å². The zero-order valence-corrected chi connectivity index (χ0v) is 8.40. The van der Waals surface area contributed by atoms with Crippen LogP contribution in [-0.4, -0.2) is 22.3 Å². The number of rotatable bonds is 4. The highest BCUT2D eigenvalue weighted by Crippen LogP contribution is 2.11. The van der Waals surface area contributed by atoms with Gasteiger partial charge in [0.2, 0.25) is 5.88 Å². The number of aromatic amines is 1. The number of nitrogens with one attached hydrogen (secondary N) is 2. The van der Waals surface area contributed by atoms with Crippen molar-refractivity contribution in [2.45, 2.75) is 6.54 Å². The first-order chi connectivity index (χ1) is 7.38. The van der Waals surface area contributed by atoms with E-state index in [-0.39, 0.29) is 0 Å². The van der Waals surface area contributed by atoms with Crippen LogP contribution in [0.25, 0.3) is 0 Å². The van der Waals surface area contributed by atoms with Gasteiger partial charge in [-0.2, -0.15) is 5.10 Å². The fourth-order valence-electron chi connectivity index (χ4n) is 1.19. The quantitative estimate of drug-likeness (QED) is 0.790. The number of H-pyrrole nitrogens is 1. The molecule has 0 atom stereocenters. The van der Waals surface area contributed by atoms with E-state index in [2.05, 4.69) is 20.5 Å². The second kappa shape index (κ2) is 4.45. The van der Waals surface area contributed by atoms with Crippen molar-refractivity contribution in [3.8, 4) is 5.88 Å². The predicted molar refractivity (Wildman–Crippen MR) is 56.7 cm³/mol. The minimum atomic E-state index is 0.613. The van der Waals surface area contributed by atoms with E-state index in [4.69, 9.17) is 4.74 Å². The molecule has 0 aliphatic carbocycles. The number of aromatic nitrogens is 3. The van der Waals surface area contributed by atoms with Gasteiger partial charge < -0.3 is 10.1 Å². The molecule has 2 heterocycles. The maximum absolute atomic E-state index is 4.96. The Morgan fingerprint density at radius 3 is 2.93 bits per heavy atom. The van der Waals surface area contributed by atoms with Gasteiger partial charge >= 0.3 is 0 Å². The monoisotopic (exact) mass is 204 g/mol. The minimum Gasteiger partial charge on any atom is -0.481 e. The molecule has 0 aliphatic heterocycles. The summed E-state index contributed by atoms with van der Waals surface area (Å²) in [4.78, 5) is 4.09. The highest BCUT2D eigenvalue weighted by Gasteiger charge is 1.96. The van der Waals surface area contributed by atoms with Crippen molar-refractivity contribution in [1.82, 2.24) is 15.2 Å². The van der Waals surface area contributed by atoms with E-state index in [9.17, 15) is 0 Å². The van der Waals surface area contributed by atoms with Crippen LogP contribution in [0.15, 0.2) is 30.6 Å². The summed E-state index contributed by atoms with van der Waals surface area (Å²) in [6, 6.07) is 5.65. The van der Waals surface area contributed by atoms with Crippen molar-refractivity contribution < 1.29 is 4.74 Å². The van der Waals surface area contributed by atoms with Crippen LogP contribution in [0.4, 0.5) is 5.69 Å². The molecule has 2 N–H and O–H groups in total. The molecule has 0 bridgehead atoms. The maximum atomic E-state index is 4.96. The summed E-state index contributed by atoms with van der Waals surface area (Å²) in [5.74, 6) is 0.613. The second-order valence-electron chi connectivity index (χ2n) is 3.02. The highest BCUT2D eigenvalue weighted by molar-refractivity contribution is 5.42. The lowest BCUT2D eigenvalue weighted by molar-refractivity contribution is 0.398. The van der Waals surface area contributed by atoms with Gasteiger partial charge in [-0.1, -0.05) is 0 Å². The van der Waals surface area contributed by atoms with Crippen LogP contribution in [0, 0.1) is 0 Å². The van der Waals surface area contributed by atoms with Crippen molar-refractivity contribution in [3.05, 3.63) is 36.3 Å². The molecule has 0 aromatic carbocycles. The first-order valence-corrected chi connectivity index (χ1v) is 4.60. The van der Waals surface area contributed by atoms with E-state index >= 15 is 0 Å². The standard InChI is InChI=1S/C10H12N4O/c1-15-10-3-2-8(6-12-10)11-7-9-4-5-13-14-9/h2-6,11H,7H2,1H3,(H,13,14). The first-order valence-electron chi connectivity index (χ1n) is 4.60. The van der Waals surface area contributed by atoms with E-state index in [1.54, 1.807) is 19.5 Å². The lowest BCUT2D eigenvalue weighted by atomic mass is 10.4. The Balaban J connectivity index is 1.93. The van der Waals surface area contributed by atoms with Crippen LogP contribution in [-0.2, 0) is 6.54 Å². The van der Waals surface area contributed by atoms with Crippen LogP contribution in [0.3, 0.4) is 0 Å². The molecule has 0 saturated carbocycles. The fraction of sp³-hybridized carbons (Fsp3) is 0.200. The molecule has 0 spiro atoms. The number of ether oxygens (including phenoxy) is 1. The number of hydrogen-bond donors (Lipinski definition) is 2. The number of methoxy groups -OCH3 is 1. The molecule has 2 aromatic rings. The van der Waals surface area contributed by atoms with E-state index in [1.165, 1.54) is 0 Å². The molecular formula is C10H12N4O. The summed E-state index contributed by atoms with van der Waals surface area (Å²) in [5.41, 5.74) is 1.98. The minimum absolute atomic E-state index is 0.613. The van der Waals surface area contributed by atoms with Gasteiger partial charge in [0.05, 0.1) is 31.2 Å². The van der Waals surface area contributed by atoms with Gasteiger partial charge in [0.25, 0.3) is 0 Å². The van der Waals surface area contributed by atoms with Crippen LogP contribution in [0.5, 0.6) is 5.88 Å². The van der Waals surface area contributed by atoms with Crippen molar-refractivity contribution in [2.24, 2.45) is 0 Å². The molecule has 0 radical (unpaired) electrons. The third-order valence-corrected chi connectivity index (χ3v) is 1.99. The Hall–Kier alpha value is -2.04. The molecule has 15 heavy (non-hydrogen) atoms. The lowest BCUT2D eigenvalue weighted by Gasteiger charge is -2.04. The van der Waals surface area contributed by atoms with Gasteiger partial charge in [-0.3, -0.25) is 5.10 Å². The molecule has 5 nitrogen and oxygen atoms in total. The Kier molecular flexibility index (Phi) is 2.82. The number of pyridine rings is 1. The molecule has 2 aromatic heterocycles. The van der Waals surface area contributed by atoms with E-state index < -0.39 is 0 Å². The van der Waals surface area contributed by atoms with Gasteiger partial charge in [0, 0.05) is 12.3 Å². The fourth-order valence-corrected chi connectivity index (χ4v) is 1.19. The average Bonchev–Trinajstić information content (AvgIpc) is 2.80. The normalized spacial score (nSPS) is 9.93. The summed E-state index contributed by atoms with van der Waals surface area (Å²) >= 11 is 0. The van der Waals surface area contributed by atoms with Crippen LogP contribution >= 0.6 is 0 Å². The predicted octanol–water partition coefficient (Wildman–Crippen LogP) is 1.43. The van der Waals surface area contributed by atoms with Gasteiger partial charge in [-0.05, 0) is 12.1 Å². The van der Waals surface area contributed by atoms with Crippen molar-refractivity contribution in [1.29, 1.82) is 0 Å². The zero-order chi connectivity index (χ0) is 10.5. The summed E-state index contributed by atoms with van der Waals surface area (Å²) in [7, 11) is 1.60. The molecule has 5 heteroatoms.